The van der Waals surface area contributed by atoms with Crippen molar-refractivity contribution in [1.29, 1.82) is 0 Å². The lowest BCUT2D eigenvalue weighted by Gasteiger charge is -2.10. The number of benzene rings is 1. The molecule has 1 heterocycles. The number of nitrogens with one attached hydrogen (secondary N) is 1. The van der Waals surface area contributed by atoms with E-state index in [1.165, 1.54) is 12.3 Å². The lowest BCUT2D eigenvalue weighted by Crippen LogP contribution is -2.15. The molecule has 1 aromatic carbocycles. The van der Waals surface area contributed by atoms with Gasteiger partial charge in [-0.1, -0.05) is 0 Å². The van der Waals surface area contributed by atoms with E-state index < -0.39 is 10.0 Å². The zero-order valence-corrected chi connectivity index (χ0v) is 14.0. The molecule has 0 spiro atoms. The molecule has 100 valence electrons. The van der Waals surface area contributed by atoms with Crippen molar-refractivity contribution in [3.63, 3.8) is 0 Å². The Kier molecular flexibility index (Phi) is 4.31. The normalized spacial score (nSPS) is 11.3. The molecule has 8 heteroatoms. The Morgan fingerprint density at radius 1 is 1.26 bits per heavy atom. The Morgan fingerprint density at radius 2 is 1.89 bits per heavy atom. The summed E-state index contributed by atoms with van der Waals surface area (Å²) in [4.78, 5) is 3.76. The lowest BCUT2D eigenvalue weighted by molar-refractivity contribution is 0.601. The van der Waals surface area contributed by atoms with Gasteiger partial charge in [0.2, 0.25) is 0 Å². The van der Waals surface area contributed by atoms with E-state index in [-0.39, 0.29) is 10.7 Å². The Morgan fingerprint density at radius 3 is 2.53 bits per heavy atom. The maximum atomic E-state index is 12.2. The van der Waals surface area contributed by atoms with Gasteiger partial charge in [-0.05, 0) is 68.9 Å². The van der Waals surface area contributed by atoms with E-state index >= 15 is 0 Å². The standard InChI is InChI=1S/C11H9BrIN3O2S/c12-7-5-10(11(14)15-6-7)19(17,18)16-9-3-1-8(13)2-4-9/h1-6,16H,(H2,14,15). The summed E-state index contributed by atoms with van der Waals surface area (Å²) >= 11 is 5.31. The third kappa shape index (κ3) is 3.57. The number of halogens is 2. The van der Waals surface area contributed by atoms with Crippen LogP contribution >= 0.6 is 38.5 Å². The maximum absolute atomic E-state index is 12.2. The molecular formula is C11H9BrIN3O2S. The summed E-state index contributed by atoms with van der Waals surface area (Å²) in [6, 6.07) is 8.39. The van der Waals surface area contributed by atoms with Crippen molar-refractivity contribution in [2.75, 3.05) is 10.5 Å². The molecule has 0 fully saturated rings. The number of aromatic nitrogens is 1. The number of hydrogen-bond acceptors (Lipinski definition) is 4. The van der Waals surface area contributed by atoms with Gasteiger partial charge in [-0.3, -0.25) is 4.72 Å². The van der Waals surface area contributed by atoms with E-state index in [1.807, 2.05) is 0 Å². The molecule has 2 rings (SSSR count). The summed E-state index contributed by atoms with van der Waals surface area (Å²) in [6.45, 7) is 0. The zero-order valence-electron chi connectivity index (χ0n) is 9.47. The van der Waals surface area contributed by atoms with Crippen LogP contribution in [0.1, 0.15) is 0 Å². The largest absolute Gasteiger partial charge is 0.383 e. The van der Waals surface area contributed by atoms with Crippen molar-refractivity contribution in [2.24, 2.45) is 0 Å². The highest BCUT2D eigenvalue weighted by atomic mass is 127. The Labute approximate surface area is 132 Å². The number of pyridine rings is 1. The minimum Gasteiger partial charge on any atom is -0.383 e. The summed E-state index contributed by atoms with van der Waals surface area (Å²) in [7, 11) is -3.75. The van der Waals surface area contributed by atoms with E-state index in [0.29, 0.717) is 10.2 Å². The van der Waals surface area contributed by atoms with Crippen LogP contribution in [0.4, 0.5) is 11.5 Å². The summed E-state index contributed by atoms with van der Waals surface area (Å²) in [5, 5.41) is 0. The second-order valence-corrected chi connectivity index (χ2v) is 7.46. The number of nitrogen functional groups attached to an aromatic ring is 1. The first kappa shape index (κ1) is 14.5. The van der Waals surface area contributed by atoms with Gasteiger partial charge in [0.05, 0.1) is 0 Å². The highest BCUT2D eigenvalue weighted by Crippen LogP contribution is 2.23. The van der Waals surface area contributed by atoms with Crippen LogP contribution in [-0.4, -0.2) is 13.4 Å². The fourth-order valence-corrected chi connectivity index (χ4v) is 3.38. The van der Waals surface area contributed by atoms with Crippen LogP contribution in [0.5, 0.6) is 0 Å². The molecule has 2 aromatic rings. The third-order valence-electron chi connectivity index (χ3n) is 2.23. The molecule has 0 radical (unpaired) electrons. The second-order valence-electron chi connectivity index (χ2n) is 3.65. The van der Waals surface area contributed by atoms with Crippen LogP contribution in [0.3, 0.4) is 0 Å². The Hall–Kier alpha value is -0.870. The number of nitrogens with two attached hydrogens (primary N) is 1. The molecule has 0 saturated carbocycles. The molecular weight excluding hydrogens is 445 g/mol. The quantitative estimate of drug-likeness (QED) is 0.699. The number of rotatable bonds is 3. The SMILES string of the molecule is Nc1ncc(Br)cc1S(=O)(=O)Nc1ccc(I)cc1. The topological polar surface area (TPSA) is 85.1 Å². The monoisotopic (exact) mass is 453 g/mol. The number of nitrogens with zero attached hydrogens (tertiary/aromatic N) is 1. The van der Waals surface area contributed by atoms with Crippen LogP contribution < -0.4 is 10.5 Å². The minimum absolute atomic E-state index is 0.0405. The summed E-state index contributed by atoms with van der Waals surface area (Å²) < 4.78 is 28.4. The predicted octanol–water partition coefficient (Wildman–Crippen LogP) is 2.83. The minimum atomic E-state index is -3.75. The molecule has 0 unspecified atom stereocenters. The van der Waals surface area contributed by atoms with Crippen molar-refractivity contribution in [1.82, 2.24) is 4.98 Å². The Bertz CT molecular complexity index is 704. The van der Waals surface area contributed by atoms with Crippen molar-refractivity contribution < 1.29 is 8.42 Å². The first-order valence-corrected chi connectivity index (χ1v) is 8.43. The fraction of sp³-hybridized carbons (Fsp3) is 0. The average molecular weight is 454 g/mol. The summed E-state index contributed by atoms with van der Waals surface area (Å²) in [5.41, 5.74) is 6.07. The van der Waals surface area contributed by atoms with Crippen molar-refractivity contribution in [3.8, 4) is 0 Å². The van der Waals surface area contributed by atoms with Crippen LogP contribution in [-0.2, 0) is 10.0 Å². The third-order valence-corrected chi connectivity index (χ3v) is 4.80. The number of anilines is 2. The van der Waals surface area contributed by atoms with E-state index in [1.54, 1.807) is 24.3 Å². The first-order chi connectivity index (χ1) is 8.88. The van der Waals surface area contributed by atoms with Gasteiger partial charge in [-0.15, -0.1) is 0 Å². The van der Waals surface area contributed by atoms with Gasteiger partial charge >= 0.3 is 0 Å². The predicted molar refractivity (Wildman–Crippen MR) is 86.3 cm³/mol. The van der Waals surface area contributed by atoms with Crippen molar-refractivity contribution in [2.45, 2.75) is 4.90 Å². The van der Waals surface area contributed by atoms with Crippen LogP contribution in [0.15, 0.2) is 45.9 Å². The first-order valence-electron chi connectivity index (χ1n) is 5.08. The molecule has 0 saturated heterocycles. The van der Waals surface area contributed by atoms with E-state index in [9.17, 15) is 8.42 Å². The van der Waals surface area contributed by atoms with E-state index in [0.717, 1.165) is 3.57 Å². The summed E-state index contributed by atoms with van der Waals surface area (Å²) in [6.07, 6.45) is 1.44. The zero-order chi connectivity index (χ0) is 14.0. The second kappa shape index (κ2) is 5.63. The molecule has 3 N–H and O–H groups in total. The molecule has 0 amide bonds. The molecule has 0 aliphatic carbocycles. The highest BCUT2D eigenvalue weighted by molar-refractivity contribution is 14.1. The smallest absolute Gasteiger partial charge is 0.265 e. The fourth-order valence-electron chi connectivity index (χ4n) is 1.37. The lowest BCUT2D eigenvalue weighted by atomic mass is 10.3. The van der Waals surface area contributed by atoms with Gasteiger partial charge in [0.25, 0.3) is 10.0 Å². The van der Waals surface area contributed by atoms with Gasteiger partial charge in [0, 0.05) is 19.9 Å². The number of sulfonamides is 1. The van der Waals surface area contributed by atoms with Crippen LogP contribution in [0.2, 0.25) is 0 Å². The van der Waals surface area contributed by atoms with Gasteiger partial charge in [-0.25, -0.2) is 13.4 Å². The maximum Gasteiger partial charge on any atom is 0.265 e. The highest BCUT2D eigenvalue weighted by Gasteiger charge is 2.19. The Balaban J connectivity index is 2.37. The van der Waals surface area contributed by atoms with Crippen molar-refractivity contribution >= 4 is 60.0 Å². The van der Waals surface area contributed by atoms with Crippen molar-refractivity contribution in [3.05, 3.63) is 44.6 Å². The number of hydrogen-bond donors (Lipinski definition) is 2. The van der Waals surface area contributed by atoms with Gasteiger partial charge in [-0.2, -0.15) is 0 Å². The molecule has 0 atom stereocenters. The van der Waals surface area contributed by atoms with Gasteiger partial charge in [0.15, 0.2) is 0 Å². The molecule has 19 heavy (non-hydrogen) atoms. The van der Waals surface area contributed by atoms with Gasteiger partial charge < -0.3 is 5.73 Å². The average Bonchev–Trinajstić information content (AvgIpc) is 2.35. The van der Waals surface area contributed by atoms with Crippen LogP contribution in [0.25, 0.3) is 0 Å². The van der Waals surface area contributed by atoms with E-state index in [4.69, 9.17) is 5.73 Å². The van der Waals surface area contributed by atoms with Gasteiger partial charge in [0.1, 0.15) is 10.7 Å². The molecule has 0 aliphatic heterocycles. The molecule has 0 aliphatic rings. The summed E-state index contributed by atoms with van der Waals surface area (Å²) in [5.74, 6) is -0.0405. The molecule has 1 aromatic heterocycles. The van der Waals surface area contributed by atoms with E-state index in [2.05, 4.69) is 48.2 Å². The van der Waals surface area contributed by atoms with Crippen LogP contribution in [0, 0.1) is 3.57 Å². The molecule has 5 nitrogen and oxygen atoms in total. The molecule has 0 bridgehead atoms.